The maximum atomic E-state index is 13.8. The standard InChI is InChI=1S/C28H22N4O/c1-31-24-16-8-5-13-21(24)28(22-14-6-9-17-25(22)31,19-27(33)20-11-3-2-4-12-20)32-26-18-10-7-15-23(26)29-30-32/h2-18H,19H2,1H3. The summed E-state index contributed by atoms with van der Waals surface area (Å²) in [6.07, 6.45) is 0.228. The lowest BCUT2D eigenvalue weighted by molar-refractivity contribution is 0.0947. The van der Waals surface area contributed by atoms with Crippen LogP contribution in [-0.4, -0.2) is 27.8 Å². The molecule has 1 aliphatic heterocycles. The number of carbonyl (C=O) groups excluding carboxylic acids is 1. The van der Waals surface area contributed by atoms with E-state index < -0.39 is 5.54 Å². The van der Waals surface area contributed by atoms with Crippen molar-refractivity contribution in [2.24, 2.45) is 0 Å². The Morgan fingerprint density at radius 3 is 2.03 bits per heavy atom. The van der Waals surface area contributed by atoms with E-state index in [-0.39, 0.29) is 12.2 Å². The van der Waals surface area contributed by atoms with Crippen LogP contribution in [0, 0.1) is 0 Å². The highest BCUT2D eigenvalue weighted by atomic mass is 16.1. The van der Waals surface area contributed by atoms with Gasteiger partial charge in [0.15, 0.2) is 5.78 Å². The molecule has 0 spiro atoms. The molecule has 33 heavy (non-hydrogen) atoms. The van der Waals surface area contributed by atoms with E-state index in [1.165, 1.54) is 0 Å². The first kappa shape index (κ1) is 19.4. The fourth-order valence-corrected chi connectivity index (χ4v) is 5.11. The number of ketones is 1. The number of aromatic nitrogens is 3. The van der Waals surface area contributed by atoms with Crippen LogP contribution >= 0.6 is 0 Å². The van der Waals surface area contributed by atoms with Crippen molar-refractivity contribution < 1.29 is 4.79 Å². The molecule has 0 N–H and O–H groups in total. The van der Waals surface area contributed by atoms with E-state index in [9.17, 15) is 4.79 Å². The molecule has 0 fully saturated rings. The first-order valence-corrected chi connectivity index (χ1v) is 11.0. The van der Waals surface area contributed by atoms with Gasteiger partial charge < -0.3 is 4.90 Å². The summed E-state index contributed by atoms with van der Waals surface area (Å²) in [6.45, 7) is 0. The van der Waals surface area contributed by atoms with Crippen LogP contribution in [0.25, 0.3) is 11.0 Å². The minimum absolute atomic E-state index is 0.0596. The highest BCUT2D eigenvalue weighted by Gasteiger charge is 2.47. The molecule has 0 aliphatic carbocycles. The van der Waals surface area contributed by atoms with Gasteiger partial charge in [-0.1, -0.05) is 84.1 Å². The third kappa shape index (κ3) is 2.82. The molecule has 1 aliphatic rings. The zero-order valence-corrected chi connectivity index (χ0v) is 18.2. The molecule has 5 heteroatoms. The average molecular weight is 431 g/mol. The van der Waals surface area contributed by atoms with Gasteiger partial charge in [0.2, 0.25) is 0 Å². The van der Waals surface area contributed by atoms with Crippen LogP contribution in [0.4, 0.5) is 11.4 Å². The molecule has 2 heterocycles. The van der Waals surface area contributed by atoms with E-state index >= 15 is 0 Å². The Hall–Kier alpha value is -4.25. The van der Waals surface area contributed by atoms with E-state index in [1.807, 2.05) is 83.5 Å². The summed E-state index contributed by atoms with van der Waals surface area (Å²) in [7, 11) is 2.07. The van der Waals surface area contributed by atoms with Gasteiger partial charge in [0.25, 0.3) is 0 Å². The lowest BCUT2D eigenvalue weighted by Gasteiger charge is -2.44. The van der Waals surface area contributed by atoms with Gasteiger partial charge in [-0.05, 0) is 24.3 Å². The van der Waals surface area contributed by atoms with Gasteiger partial charge in [0.1, 0.15) is 11.1 Å². The van der Waals surface area contributed by atoms with Crippen molar-refractivity contribution in [1.29, 1.82) is 0 Å². The van der Waals surface area contributed by atoms with E-state index in [4.69, 9.17) is 0 Å². The van der Waals surface area contributed by atoms with E-state index in [1.54, 1.807) is 0 Å². The number of anilines is 2. The smallest absolute Gasteiger partial charge is 0.166 e. The van der Waals surface area contributed by atoms with Gasteiger partial charge in [-0.25, -0.2) is 4.68 Å². The normalized spacial score (nSPS) is 14.0. The third-order valence-electron chi connectivity index (χ3n) is 6.65. The predicted octanol–water partition coefficient (Wildman–Crippen LogP) is 5.58. The maximum Gasteiger partial charge on any atom is 0.166 e. The van der Waals surface area contributed by atoms with Gasteiger partial charge >= 0.3 is 0 Å². The number of hydrogen-bond acceptors (Lipinski definition) is 4. The van der Waals surface area contributed by atoms with Crippen molar-refractivity contribution in [3.05, 3.63) is 120 Å². The Morgan fingerprint density at radius 1 is 0.758 bits per heavy atom. The zero-order valence-electron chi connectivity index (χ0n) is 18.2. The Labute approximate surface area is 191 Å². The second-order valence-corrected chi connectivity index (χ2v) is 8.41. The summed E-state index contributed by atoms with van der Waals surface area (Å²) in [6, 6.07) is 34.0. The summed E-state index contributed by atoms with van der Waals surface area (Å²) in [4.78, 5) is 16.0. The SMILES string of the molecule is CN1c2ccccc2C(CC(=O)c2ccccc2)(n2nnc3ccccc32)c2ccccc21. The number of benzene rings is 4. The molecular weight excluding hydrogens is 408 g/mol. The Morgan fingerprint density at radius 2 is 1.33 bits per heavy atom. The van der Waals surface area contributed by atoms with Crippen LogP contribution in [-0.2, 0) is 5.54 Å². The first-order valence-electron chi connectivity index (χ1n) is 11.0. The quantitative estimate of drug-likeness (QED) is 0.350. The molecule has 0 radical (unpaired) electrons. The second-order valence-electron chi connectivity index (χ2n) is 8.41. The molecular formula is C28H22N4O. The van der Waals surface area contributed by atoms with Crippen molar-refractivity contribution in [3.63, 3.8) is 0 Å². The van der Waals surface area contributed by atoms with Crippen molar-refractivity contribution in [2.75, 3.05) is 11.9 Å². The Kier molecular flexibility index (Phi) is 4.37. The van der Waals surface area contributed by atoms with Crippen molar-refractivity contribution in [3.8, 4) is 0 Å². The number of nitrogens with zero attached hydrogens (tertiary/aromatic N) is 4. The van der Waals surface area contributed by atoms with Crippen molar-refractivity contribution >= 4 is 28.2 Å². The summed E-state index contributed by atoms with van der Waals surface area (Å²) in [5.74, 6) is 0.0596. The molecule has 160 valence electrons. The van der Waals surface area contributed by atoms with Gasteiger partial charge in [0, 0.05) is 41.5 Å². The molecule has 0 bridgehead atoms. The van der Waals surface area contributed by atoms with Crippen LogP contribution in [0.5, 0.6) is 0 Å². The second kappa shape index (κ2) is 7.41. The summed E-state index contributed by atoms with van der Waals surface area (Å²) >= 11 is 0. The van der Waals surface area contributed by atoms with Crippen molar-refractivity contribution in [1.82, 2.24) is 15.0 Å². The average Bonchev–Trinajstić information content (AvgIpc) is 3.32. The summed E-state index contributed by atoms with van der Waals surface area (Å²) < 4.78 is 1.95. The van der Waals surface area contributed by atoms with Crippen LogP contribution < -0.4 is 4.90 Å². The van der Waals surface area contributed by atoms with E-state index in [0.717, 1.165) is 33.5 Å². The molecule has 1 aromatic heterocycles. The van der Waals surface area contributed by atoms with Crippen molar-refractivity contribution in [2.45, 2.75) is 12.0 Å². The van der Waals surface area contributed by atoms with E-state index in [0.29, 0.717) is 5.56 Å². The number of Topliss-reactive ketones (excluding diaryl/α,β-unsaturated/α-hetero) is 1. The third-order valence-corrected chi connectivity index (χ3v) is 6.65. The highest BCUT2D eigenvalue weighted by molar-refractivity contribution is 5.98. The van der Waals surface area contributed by atoms with Gasteiger partial charge in [-0.3, -0.25) is 4.79 Å². The number of carbonyl (C=O) groups is 1. The molecule has 0 atom stereocenters. The minimum atomic E-state index is -0.845. The summed E-state index contributed by atoms with van der Waals surface area (Å²) in [5.41, 5.74) is 5.72. The van der Waals surface area contributed by atoms with Crippen LogP contribution in [0.3, 0.4) is 0 Å². The number of hydrogen-bond donors (Lipinski definition) is 0. The molecule has 4 aromatic carbocycles. The van der Waals surface area contributed by atoms with Crippen LogP contribution in [0.2, 0.25) is 0 Å². The molecule has 0 saturated heterocycles. The van der Waals surface area contributed by atoms with E-state index in [2.05, 4.69) is 46.5 Å². The lowest BCUT2D eigenvalue weighted by atomic mass is 9.74. The number of rotatable bonds is 4. The summed E-state index contributed by atoms with van der Waals surface area (Å²) in [5, 5.41) is 9.13. The van der Waals surface area contributed by atoms with Crippen LogP contribution in [0.1, 0.15) is 27.9 Å². The fourth-order valence-electron chi connectivity index (χ4n) is 5.11. The fraction of sp³-hybridized carbons (Fsp3) is 0.107. The Bertz CT molecular complexity index is 1440. The van der Waals surface area contributed by atoms with Gasteiger partial charge in [-0.15, -0.1) is 5.10 Å². The number of para-hydroxylation sites is 3. The monoisotopic (exact) mass is 430 g/mol. The Balaban J connectivity index is 1.70. The molecule has 0 amide bonds. The zero-order chi connectivity index (χ0) is 22.4. The topological polar surface area (TPSA) is 51.0 Å². The first-order chi connectivity index (χ1) is 16.2. The maximum absolute atomic E-state index is 13.8. The molecule has 5 aromatic rings. The number of fused-ring (bicyclic) bond motifs is 3. The lowest BCUT2D eigenvalue weighted by Crippen LogP contribution is -2.44. The molecule has 0 unspecified atom stereocenters. The highest BCUT2D eigenvalue weighted by Crippen LogP contribution is 2.51. The van der Waals surface area contributed by atoms with Gasteiger partial charge in [-0.2, -0.15) is 0 Å². The molecule has 0 saturated carbocycles. The molecule has 6 rings (SSSR count). The minimum Gasteiger partial charge on any atom is -0.344 e. The predicted molar refractivity (Wildman–Crippen MR) is 130 cm³/mol. The van der Waals surface area contributed by atoms with Gasteiger partial charge in [0.05, 0.1) is 5.52 Å². The largest absolute Gasteiger partial charge is 0.344 e. The molecule has 5 nitrogen and oxygen atoms in total. The van der Waals surface area contributed by atoms with Crippen LogP contribution in [0.15, 0.2) is 103 Å².